The van der Waals surface area contributed by atoms with Crippen LogP contribution < -0.4 is 5.32 Å². The van der Waals surface area contributed by atoms with Crippen molar-refractivity contribution in [3.8, 4) is 0 Å². The van der Waals surface area contributed by atoms with Crippen molar-refractivity contribution in [1.82, 2.24) is 5.32 Å². The molecule has 1 rings (SSSR count). The molecule has 1 aromatic rings. The van der Waals surface area contributed by atoms with E-state index in [1.165, 1.54) is 5.56 Å². The first-order valence-electron chi connectivity index (χ1n) is 4.33. The van der Waals surface area contributed by atoms with Gasteiger partial charge in [-0.1, -0.05) is 6.92 Å². The number of thiophene rings is 1. The van der Waals surface area contributed by atoms with E-state index in [4.69, 9.17) is 5.11 Å². The smallest absolute Gasteiger partial charge is 0.0701 e. The Hall–Kier alpha value is 0.100. The van der Waals surface area contributed by atoms with Crippen LogP contribution in [0, 0.1) is 0 Å². The minimum Gasteiger partial charge on any atom is -0.395 e. The number of halogens is 1. The van der Waals surface area contributed by atoms with E-state index in [-0.39, 0.29) is 12.6 Å². The number of aliphatic hydroxyl groups is 1. The van der Waals surface area contributed by atoms with Gasteiger partial charge in [0.15, 0.2) is 0 Å². The normalized spacial score (nSPS) is 13.2. The summed E-state index contributed by atoms with van der Waals surface area (Å²) in [4.78, 5) is 0. The molecule has 0 aliphatic carbocycles. The number of aliphatic hydroxyl groups excluding tert-OH is 1. The summed E-state index contributed by atoms with van der Waals surface area (Å²) < 4.78 is 1.15. The van der Waals surface area contributed by atoms with Gasteiger partial charge in [-0.3, -0.25) is 0 Å². The lowest BCUT2D eigenvalue weighted by Gasteiger charge is -2.12. The molecule has 0 aliphatic rings. The molecule has 4 heteroatoms. The van der Waals surface area contributed by atoms with Crippen LogP contribution in [0.2, 0.25) is 0 Å². The first-order valence-corrected chi connectivity index (χ1v) is 6.00. The summed E-state index contributed by atoms with van der Waals surface area (Å²) in [7, 11) is 0. The molecule has 74 valence electrons. The number of hydrogen-bond donors (Lipinski definition) is 2. The van der Waals surface area contributed by atoms with Crippen LogP contribution in [0.1, 0.15) is 18.9 Å². The third kappa shape index (κ3) is 3.77. The van der Waals surface area contributed by atoms with E-state index in [1.807, 2.05) is 0 Å². The van der Waals surface area contributed by atoms with Gasteiger partial charge in [0.1, 0.15) is 0 Å². The summed E-state index contributed by atoms with van der Waals surface area (Å²) in [5.74, 6) is 0. The molecule has 2 nitrogen and oxygen atoms in total. The number of nitrogens with one attached hydrogen (secondary N) is 1. The quantitative estimate of drug-likeness (QED) is 0.855. The van der Waals surface area contributed by atoms with Gasteiger partial charge < -0.3 is 10.4 Å². The van der Waals surface area contributed by atoms with E-state index in [0.29, 0.717) is 0 Å². The molecule has 0 spiro atoms. The lowest BCUT2D eigenvalue weighted by molar-refractivity contribution is 0.238. The van der Waals surface area contributed by atoms with Gasteiger partial charge in [0.2, 0.25) is 0 Å². The first kappa shape index (κ1) is 11.2. The van der Waals surface area contributed by atoms with Crippen LogP contribution in [0.5, 0.6) is 0 Å². The predicted molar refractivity (Wildman–Crippen MR) is 60.0 cm³/mol. The van der Waals surface area contributed by atoms with E-state index < -0.39 is 0 Å². The second-order valence-corrected chi connectivity index (χ2v) is 5.22. The zero-order valence-electron chi connectivity index (χ0n) is 7.59. The molecule has 1 aromatic heterocycles. The first-order chi connectivity index (χ1) is 6.26. The summed E-state index contributed by atoms with van der Waals surface area (Å²) in [6.07, 6.45) is 0.960. The molecular formula is C9H14BrNOS. The van der Waals surface area contributed by atoms with Gasteiger partial charge in [-0.05, 0) is 39.4 Å². The van der Waals surface area contributed by atoms with Gasteiger partial charge >= 0.3 is 0 Å². The van der Waals surface area contributed by atoms with Crippen LogP contribution in [-0.4, -0.2) is 17.8 Å². The van der Waals surface area contributed by atoms with Crippen LogP contribution in [0.4, 0.5) is 0 Å². The van der Waals surface area contributed by atoms with Gasteiger partial charge in [0.05, 0.1) is 10.4 Å². The van der Waals surface area contributed by atoms with Crippen molar-refractivity contribution in [3.05, 3.63) is 20.8 Å². The van der Waals surface area contributed by atoms with Crippen molar-refractivity contribution in [3.63, 3.8) is 0 Å². The van der Waals surface area contributed by atoms with E-state index >= 15 is 0 Å². The summed E-state index contributed by atoms with van der Waals surface area (Å²) in [5.41, 5.74) is 1.27. The molecule has 0 saturated carbocycles. The Kier molecular flexibility index (Phi) is 4.94. The molecule has 0 radical (unpaired) electrons. The summed E-state index contributed by atoms with van der Waals surface area (Å²) in [5, 5.41) is 14.3. The van der Waals surface area contributed by atoms with E-state index in [9.17, 15) is 0 Å². The Morgan fingerprint density at radius 3 is 2.92 bits per heavy atom. The molecule has 0 fully saturated rings. The lowest BCUT2D eigenvalue weighted by Crippen LogP contribution is -2.30. The van der Waals surface area contributed by atoms with Crippen molar-refractivity contribution in [2.24, 2.45) is 0 Å². The topological polar surface area (TPSA) is 32.3 Å². The predicted octanol–water partition coefficient (Wildman–Crippen LogP) is 2.37. The Bertz CT molecular complexity index is 248. The summed E-state index contributed by atoms with van der Waals surface area (Å²) in [6.45, 7) is 3.11. The van der Waals surface area contributed by atoms with Gasteiger partial charge in [-0.25, -0.2) is 0 Å². The van der Waals surface area contributed by atoms with Crippen LogP contribution in [-0.2, 0) is 6.54 Å². The Balaban J connectivity index is 2.33. The SMILES string of the molecule is CCC(CO)NCc1csc(Br)c1. The monoisotopic (exact) mass is 263 g/mol. The standard InChI is InChI=1S/C9H14BrNOS/c1-2-8(5-12)11-4-7-3-9(10)13-6-7/h3,6,8,11-12H,2,4-5H2,1H3. The Morgan fingerprint density at radius 2 is 2.46 bits per heavy atom. The lowest BCUT2D eigenvalue weighted by atomic mass is 10.2. The molecule has 1 atom stereocenters. The summed E-state index contributed by atoms with van der Waals surface area (Å²) in [6, 6.07) is 2.32. The van der Waals surface area contributed by atoms with Crippen LogP contribution in [0.3, 0.4) is 0 Å². The molecule has 0 bridgehead atoms. The molecule has 0 aliphatic heterocycles. The fourth-order valence-electron chi connectivity index (χ4n) is 1.04. The second-order valence-electron chi connectivity index (χ2n) is 2.93. The van der Waals surface area contributed by atoms with Crippen molar-refractivity contribution >= 4 is 27.3 Å². The molecule has 1 heterocycles. The largest absolute Gasteiger partial charge is 0.395 e. The minimum absolute atomic E-state index is 0.210. The molecule has 0 aromatic carbocycles. The third-order valence-electron chi connectivity index (χ3n) is 1.93. The number of hydrogen-bond acceptors (Lipinski definition) is 3. The maximum atomic E-state index is 8.94. The van der Waals surface area contributed by atoms with Crippen LogP contribution >= 0.6 is 27.3 Å². The van der Waals surface area contributed by atoms with Crippen molar-refractivity contribution in [2.75, 3.05) is 6.61 Å². The van der Waals surface area contributed by atoms with Gasteiger partial charge in [0, 0.05) is 12.6 Å². The van der Waals surface area contributed by atoms with Crippen molar-refractivity contribution < 1.29 is 5.11 Å². The Labute approximate surface area is 91.1 Å². The molecule has 0 saturated heterocycles. The average Bonchev–Trinajstić information content (AvgIpc) is 2.53. The molecular weight excluding hydrogens is 250 g/mol. The van der Waals surface area contributed by atoms with Gasteiger partial charge in [-0.2, -0.15) is 0 Å². The minimum atomic E-state index is 0.210. The van der Waals surface area contributed by atoms with Crippen LogP contribution in [0.15, 0.2) is 15.2 Å². The highest BCUT2D eigenvalue weighted by Gasteiger charge is 2.03. The van der Waals surface area contributed by atoms with Crippen molar-refractivity contribution in [2.45, 2.75) is 25.9 Å². The molecule has 2 N–H and O–H groups in total. The zero-order chi connectivity index (χ0) is 9.68. The van der Waals surface area contributed by atoms with E-state index in [0.717, 1.165) is 16.8 Å². The molecule has 1 unspecified atom stereocenters. The highest BCUT2D eigenvalue weighted by atomic mass is 79.9. The van der Waals surface area contributed by atoms with Crippen molar-refractivity contribution in [1.29, 1.82) is 0 Å². The third-order valence-corrected chi connectivity index (χ3v) is 3.48. The van der Waals surface area contributed by atoms with Gasteiger partial charge in [-0.15, -0.1) is 11.3 Å². The molecule has 13 heavy (non-hydrogen) atoms. The van der Waals surface area contributed by atoms with E-state index in [2.05, 4.69) is 39.6 Å². The fraction of sp³-hybridized carbons (Fsp3) is 0.556. The average molecular weight is 264 g/mol. The highest BCUT2D eigenvalue weighted by Crippen LogP contribution is 2.20. The second kappa shape index (κ2) is 5.75. The number of rotatable bonds is 5. The summed E-state index contributed by atoms with van der Waals surface area (Å²) >= 11 is 5.10. The Morgan fingerprint density at radius 1 is 1.69 bits per heavy atom. The maximum Gasteiger partial charge on any atom is 0.0701 e. The zero-order valence-corrected chi connectivity index (χ0v) is 9.99. The van der Waals surface area contributed by atoms with E-state index in [1.54, 1.807) is 11.3 Å². The van der Waals surface area contributed by atoms with Gasteiger partial charge in [0.25, 0.3) is 0 Å². The van der Waals surface area contributed by atoms with Crippen LogP contribution in [0.25, 0.3) is 0 Å². The highest BCUT2D eigenvalue weighted by molar-refractivity contribution is 9.11. The maximum absolute atomic E-state index is 8.94. The molecule has 0 amide bonds. The fourth-order valence-corrected chi connectivity index (χ4v) is 2.25.